The second kappa shape index (κ2) is 11.3. The van der Waals surface area contributed by atoms with Gasteiger partial charge in [-0.15, -0.1) is 0 Å². The Kier molecular flexibility index (Phi) is 6.63. The second-order valence-corrected chi connectivity index (χ2v) is 13.0. The smallest absolute Gasteiger partial charge is 0.0953 e. The van der Waals surface area contributed by atoms with Gasteiger partial charge in [0.2, 0.25) is 0 Å². The molecule has 0 fully saturated rings. The summed E-state index contributed by atoms with van der Waals surface area (Å²) >= 11 is 0. The fraction of sp³-hybridized carbons (Fsp3) is 0.136. The van der Waals surface area contributed by atoms with E-state index in [0.717, 1.165) is 40.7 Å². The zero-order valence-corrected chi connectivity index (χ0v) is 26.4. The standard InChI is InChI=1S/C44H32N4/c45-27-29-17-24-44(48-42-15-7-3-11-36(42)37-12-4-8-16-43(37)48)39(25-29)31-20-18-30(19-21-31)38-26-33(23-22-32(38)28-46)47-40-13-5-1-9-34(40)35-10-2-6-14-41(35)47/h1-16,18-23,25,34,38,40H,17,24,26H2/t34?,38-,40?/m0/s1. The van der Waals surface area contributed by atoms with Crippen LogP contribution in [0.3, 0.4) is 0 Å². The quantitative estimate of drug-likeness (QED) is 0.202. The summed E-state index contributed by atoms with van der Waals surface area (Å²) in [6.07, 6.45) is 17.4. The highest BCUT2D eigenvalue weighted by Gasteiger charge is 2.39. The summed E-state index contributed by atoms with van der Waals surface area (Å²) in [4.78, 5) is 2.48. The fourth-order valence-electron chi connectivity index (χ4n) is 8.30. The summed E-state index contributed by atoms with van der Waals surface area (Å²) in [6.45, 7) is 0. The minimum Gasteiger partial charge on any atom is -0.337 e. The Morgan fingerprint density at radius 2 is 1.40 bits per heavy atom. The van der Waals surface area contributed by atoms with Crippen LogP contribution in [-0.2, 0) is 0 Å². The summed E-state index contributed by atoms with van der Waals surface area (Å²) in [6, 6.07) is 39.8. The normalized spacial score (nSPS) is 21.3. The van der Waals surface area contributed by atoms with E-state index < -0.39 is 0 Å². The van der Waals surface area contributed by atoms with Gasteiger partial charge in [0.25, 0.3) is 0 Å². The first-order valence-corrected chi connectivity index (χ1v) is 16.7. The summed E-state index contributed by atoms with van der Waals surface area (Å²) in [5.74, 6) is 0.283. The van der Waals surface area contributed by atoms with Gasteiger partial charge in [0.1, 0.15) is 0 Å². The number of benzene rings is 4. The molecule has 0 N–H and O–H groups in total. The van der Waals surface area contributed by atoms with Crippen LogP contribution in [0.5, 0.6) is 0 Å². The van der Waals surface area contributed by atoms with Crippen LogP contribution in [0.2, 0.25) is 0 Å². The van der Waals surface area contributed by atoms with Crippen molar-refractivity contribution in [2.24, 2.45) is 0 Å². The third kappa shape index (κ3) is 4.34. The molecule has 0 radical (unpaired) electrons. The molecule has 48 heavy (non-hydrogen) atoms. The Hall–Kier alpha value is -6.10. The molecule has 9 rings (SSSR count). The van der Waals surface area contributed by atoms with E-state index in [4.69, 9.17) is 0 Å². The molecule has 228 valence electrons. The maximum Gasteiger partial charge on any atom is 0.0953 e. The Morgan fingerprint density at radius 3 is 2.15 bits per heavy atom. The van der Waals surface area contributed by atoms with Gasteiger partial charge in [0.05, 0.1) is 29.2 Å². The third-order valence-electron chi connectivity index (χ3n) is 10.5. The maximum absolute atomic E-state index is 10.2. The molecule has 0 bridgehead atoms. The SMILES string of the molecule is N#CC1=CC(c2ccc([C@@H]3CC(N4c5ccccc5C5C=CC=CC54)=CC=C3C#N)cc2)=C(n2c3ccccc3c3ccccc32)CC1. The van der Waals surface area contributed by atoms with Crippen LogP contribution in [0, 0.1) is 22.7 Å². The topological polar surface area (TPSA) is 55.8 Å². The van der Waals surface area contributed by atoms with Crippen molar-refractivity contribution >= 4 is 38.8 Å². The molecule has 5 aromatic rings. The number of fused-ring (bicyclic) bond motifs is 6. The average Bonchev–Trinajstić information content (AvgIpc) is 3.67. The highest BCUT2D eigenvalue weighted by molar-refractivity contribution is 6.11. The minimum atomic E-state index is -0.0410. The van der Waals surface area contributed by atoms with Gasteiger partial charge in [0, 0.05) is 56.4 Å². The third-order valence-corrected chi connectivity index (χ3v) is 10.5. The van der Waals surface area contributed by atoms with E-state index in [2.05, 4.69) is 155 Å². The van der Waals surface area contributed by atoms with E-state index in [9.17, 15) is 10.5 Å². The number of hydrogen-bond acceptors (Lipinski definition) is 3. The Bertz CT molecular complexity index is 2360. The molecule has 3 aliphatic carbocycles. The van der Waals surface area contributed by atoms with Gasteiger partial charge in [-0.2, -0.15) is 10.5 Å². The Labute approximate surface area is 280 Å². The molecule has 0 spiro atoms. The number of anilines is 1. The number of allylic oxidation sites excluding steroid dienone is 10. The van der Waals surface area contributed by atoms with Crippen LogP contribution in [-0.4, -0.2) is 10.6 Å². The molecule has 0 saturated heterocycles. The van der Waals surface area contributed by atoms with Gasteiger partial charge in [-0.05, 0) is 72.4 Å². The first-order valence-electron chi connectivity index (χ1n) is 16.7. The van der Waals surface area contributed by atoms with Gasteiger partial charge >= 0.3 is 0 Å². The summed E-state index contributed by atoms with van der Waals surface area (Å²) in [5.41, 5.74) is 12.2. The zero-order chi connectivity index (χ0) is 32.2. The Morgan fingerprint density at radius 1 is 0.688 bits per heavy atom. The molecule has 4 aliphatic rings. The van der Waals surface area contributed by atoms with Crippen LogP contribution < -0.4 is 4.90 Å². The lowest BCUT2D eigenvalue weighted by Gasteiger charge is -2.34. The number of nitriles is 2. The molecular weight excluding hydrogens is 585 g/mol. The average molecular weight is 617 g/mol. The van der Waals surface area contributed by atoms with Crippen molar-refractivity contribution < 1.29 is 0 Å². The predicted octanol–water partition coefficient (Wildman–Crippen LogP) is 10.3. The Balaban J connectivity index is 1.11. The van der Waals surface area contributed by atoms with Crippen molar-refractivity contribution in [3.8, 4) is 12.1 Å². The van der Waals surface area contributed by atoms with Gasteiger partial charge in [-0.25, -0.2) is 0 Å². The van der Waals surface area contributed by atoms with E-state index in [-0.39, 0.29) is 12.0 Å². The maximum atomic E-state index is 10.2. The van der Waals surface area contributed by atoms with Gasteiger partial charge in [-0.3, -0.25) is 0 Å². The van der Waals surface area contributed by atoms with Crippen LogP contribution in [0.25, 0.3) is 33.1 Å². The number of aromatic nitrogens is 1. The van der Waals surface area contributed by atoms with Crippen molar-refractivity contribution in [1.29, 1.82) is 10.5 Å². The van der Waals surface area contributed by atoms with Gasteiger partial charge < -0.3 is 9.47 Å². The monoisotopic (exact) mass is 616 g/mol. The zero-order valence-electron chi connectivity index (χ0n) is 26.4. The summed E-state index contributed by atoms with van der Waals surface area (Å²) in [5, 5.41) is 22.6. The van der Waals surface area contributed by atoms with Gasteiger partial charge in [0.15, 0.2) is 0 Å². The number of hydrogen-bond donors (Lipinski definition) is 0. The second-order valence-electron chi connectivity index (χ2n) is 13.0. The molecular formula is C44H32N4. The first kappa shape index (κ1) is 28.1. The number of nitrogens with zero attached hydrogens (tertiary/aromatic N) is 4. The largest absolute Gasteiger partial charge is 0.337 e. The van der Waals surface area contributed by atoms with E-state index in [0.29, 0.717) is 12.3 Å². The predicted molar refractivity (Wildman–Crippen MR) is 195 cm³/mol. The highest BCUT2D eigenvalue weighted by Crippen LogP contribution is 2.48. The lowest BCUT2D eigenvalue weighted by atomic mass is 9.83. The highest BCUT2D eigenvalue weighted by atomic mass is 15.2. The van der Waals surface area contributed by atoms with Gasteiger partial charge in [-0.1, -0.05) is 103 Å². The van der Waals surface area contributed by atoms with Crippen molar-refractivity contribution in [3.63, 3.8) is 0 Å². The van der Waals surface area contributed by atoms with Crippen LogP contribution in [0.15, 0.2) is 156 Å². The number of rotatable bonds is 4. The summed E-state index contributed by atoms with van der Waals surface area (Å²) in [7, 11) is 0. The molecule has 1 aliphatic heterocycles. The lowest BCUT2D eigenvalue weighted by molar-refractivity contribution is 0.675. The van der Waals surface area contributed by atoms with Crippen LogP contribution in [0.1, 0.15) is 47.8 Å². The lowest BCUT2D eigenvalue weighted by Crippen LogP contribution is -2.33. The molecule has 1 aromatic heterocycles. The molecule has 2 heterocycles. The van der Waals surface area contributed by atoms with Crippen molar-refractivity contribution in [2.45, 2.75) is 37.1 Å². The summed E-state index contributed by atoms with van der Waals surface area (Å²) < 4.78 is 2.39. The molecule has 3 atom stereocenters. The van der Waals surface area contributed by atoms with Crippen molar-refractivity contribution in [1.82, 2.24) is 4.57 Å². The fourth-order valence-corrected chi connectivity index (χ4v) is 8.30. The van der Waals surface area contributed by atoms with E-state index in [1.54, 1.807) is 0 Å². The molecule has 2 unspecified atom stereocenters. The molecule has 4 nitrogen and oxygen atoms in total. The molecule has 0 saturated carbocycles. The van der Waals surface area contributed by atoms with Crippen LogP contribution in [0.4, 0.5) is 5.69 Å². The molecule has 0 amide bonds. The minimum absolute atomic E-state index is 0.0410. The molecule has 4 aromatic carbocycles. The van der Waals surface area contributed by atoms with E-state index >= 15 is 0 Å². The van der Waals surface area contributed by atoms with Crippen molar-refractivity contribution in [2.75, 3.05) is 4.90 Å². The van der Waals surface area contributed by atoms with E-state index in [1.165, 1.54) is 44.5 Å². The molecule has 4 heteroatoms. The first-order chi connectivity index (χ1) is 23.7. The number of para-hydroxylation sites is 3. The van der Waals surface area contributed by atoms with E-state index in [1.807, 2.05) is 6.08 Å². The van der Waals surface area contributed by atoms with Crippen molar-refractivity contribution in [3.05, 3.63) is 173 Å². The van der Waals surface area contributed by atoms with Crippen LogP contribution >= 0.6 is 0 Å².